The molecule has 0 aliphatic carbocycles. The highest BCUT2D eigenvalue weighted by atomic mass is 32.2. The van der Waals surface area contributed by atoms with E-state index in [0.717, 1.165) is 6.26 Å². The molecule has 2 atom stereocenters. The van der Waals surface area contributed by atoms with Gasteiger partial charge in [-0.25, -0.2) is 0 Å². The smallest absolute Gasteiger partial charge is 0.264 e. The molecule has 1 aliphatic rings. The Morgan fingerprint density at radius 3 is 2.68 bits per heavy atom. The number of aliphatic hydroxyl groups is 1. The van der Waals surface area contributed by atoms with Crippen molar-refractivity contribution in [2.75, 3.05) is 6.26 Å². The van der Waals surface area contributed by atoms with E-state index in [1.807, 2.05) is 6.07 Å². The van der Waals surface area contributed by atoms with Crippen molar-refractivity contribution in [3.05, 3.63) is 63.6 Å². The van der Waals surface area contributed by atoms with Crippen molar-refractivity contribution in [2.24, 2.45) is 0 Å². The van der Waals surface area contributed by atoms with Gasteiger partial charge in [0, 0.05) is 17.8 Å². The number of fused-ring (bicyclic) bond motifs is 1. The number of aliphatic hydroxyl groups excluding tert-OH is 1. The van der Waals surface area contributed by atoms with Crippen molar-refractivity contribution in [1.82, 2.24) is 4.57 Å². The molecule has 1 aromatic carbocycles. The molecule has 1 N–H and O–H groups in total. The third-order valence-electron chi connectivity index (χ3n) is 4.58. The molecule has 2 heterocycles. The Kier molecular flexibility index (Phi) is 5.06. The lowest BCUT2D eigenvalue weighted by atomic mass is 9.85. The van der Waals surface area contributed by atoms with Gasteiger partial charge in [0.15, 0.2) is 0 Å². The molecule has 2 aromatic rings. The first-order valence-electron chi connectivity index (χ1n) is 8.48. The Balaban J connectivity index is 2.14. The van der Waals surface area contributed by atoms with Crippen LogP contribution in [0.5, 0.6) is 5.75 Å². The number of benzene rings is 1. The van der Waals surface area contributed by atoms with Crippen LogP contribution < -0.4 is 10.3 Å². The van der Waals surface area contributed by atoms with Crippen molar-refractivity contribution < 1.29 is 22.4 Å². The van der Waals surface area contributed by atoms with Gasteiger partial charge in [-0.1, -0.05) is 0 Å². The summed E-state index contributed by atoms with van der Waals surface area (Å²) in [6.45, 7) is 3.16. The van der Waals surface area contributed by atoms with Crippen LogP contribution in [0.1, 0.15) is 36.6 Å². The quantitative estimate of drug-likeness (QED) is 0.763. The van der Waals surface area contributed by atoms with Gasteiger partial charge < -0.3 is 14.4 Å². The van der Waals surface area contributed by atoms with Crippen LogP contribution >= 0.6 is 0 Å². The second kappa shape index (κ2) is 7.05. The summed E-state index contributed by atoms with van der Waals surface area (Å²) in [7, 11) is -3.65. The Labute approximate surface area is 162 Å². The lowest BCUT2D eigenvalue weighted by Crippen LogP contribution is -2.52. The third-order valence-corrected chi connectivity index (χ3v) is 5.13. The fraction of sp³-hybridized carbons (Fsp3) is 0.368. The minimum Gasteiger partial charge on any atom is -0.485 e. The van der Waals surface area contributed by atoms with E-state index in [-0.39, 0.29) is 6.61 Å². The van der Waals surface area contributed by atoms with Gasteiger partial charge in [-0.15, -0.1) is 0 Å². The number of hydrogen-bond acceptors (Lipinski definition) is 7. The molecule has 0 fully saturated rings. The number of ether oxygens (including phenoxy) is 1. The van der Waals surface area contributed by atoms with E-state index in [4.69, 9.17) is 8.92 Å². The number of nitriles is 1. The highest BCUT2D eigenvalue weighted by molar-refractivity contribution is 7.85. The van der Waals surface area contributed by atoms with Crippen molar-refractivity contribution in [1.29, 1.82) is 5.26 Å². The molecule has 2 unspecified atom stereocenters. The van der Waals surface area contributed by atoms with Gasteiger partial charge in [0.2, 0.25) is 0 Å². The van der Waals surface area contributed by atoms with Gasteiger partial charge in [0.1, 0.15) is 17.5 Å². The second-order valence-electron chi connectivity index (χ2n) is 7.21. The average molecular weight is 404 g/mol. The summed E-state index contributed by atoms with van der Waals surface area (Å²) in [5, 5.41) is 20.2. The molecular formula is C19H20N2O6S. The summed E-state index contributed by atoms with van der Waals surface area (Å²) in [6, 6.07) is 8.77. The fourth-order valence-corrected chi connectivity index (χ4v) is 3.52. The highest BCUT2D eigenvalue weighted by Gasteiger charge is 2.44. The zero-order valence-corrected chi connectivity index (χ0v) is 16.4. The summed E-state index contributed by atoms with van der Waals surface area (Å²) in [6.07, 6.45) is 1.29. The fourth-order valence-electron chi connectivity index (χ4n) is 3.17. The maximum atomic E-state index is 12.6. The molecule has 148 valence electrons. The van der Waals surface area contributed by atoms with E-state index >= 15 is 0 Å². The minimum atomic E-state index is -3.65. The predicted octanol–water partition coefficient (Wildman–Crippen LogP) is 1.32. The SMILES string of the molecule is CC1(C)Oc2ccc(C#N)cc2C(n2cc(COS(C)(=O)=O)ccc2=O)C1O. The number of aromatic nitrogens is 1. The molecule has 1 aromatic heterocycles. The van der Waals surface area contributed by atoms with E-state index in [2.05, 4.69) is 0 Å². The molecule has 8 nitrogen and oxygen atoms in total. The topological polar surface area (TPSA) is 119 Å². The molecule has 3 rings (SSSR count). The summed E-state index contributed by atoms with van der Waals surface area (Å²) >= 11 is 0. The van der Waals surface area contributed by atoms with E-state index in [9.17, 15) is 23.6 Å². The summed E-state index contributed by atoms with van der Waals surface area (Å²) in [5.74, 6) is 0.462. The van der Waals surface area contributed by atoms with Crippen LogP contribution in [0, 0.1) is 11.3 Å². The van der Waals surface area contributed by atoms with Crippen LogP contribution in [0.4, 0.5) is 0 Å². The maximum Gasteiger partial charge on any atom is 0.264 e. The van der Waals surface area contributed by atoms with Crippen molar-refractivity contribution in [3.8, 4) is 11.8 Å². The van der Waals surface area contributed by atoms with E-state index in [1.54, 1.807) is 32.0 Å². The summed E-state index contributed by atoms with van der Waals surface area (Å²) in [4.78, 5) is 12.6. The zero-order chi connectivity index (χ0) is 20.7. The third kappa shape index (κ3) is 3.94. The molecule has 1 aliphatic heterocycles. The normalized spacial score (nSPS) is 20.7. The van der Waals surface area contributed by atoms with Crippen LogP contribution in [-0.4, -0.2) is 36.1 Å². The van der Waals surface area contributed by atoms with Crippen LogP contribution in [0.3, 0.4) is 0 Å². The zero-order valence-electron chi connectivity index (χ0n) is 15.6. The lowest BCUT2D eigenvalue weighted by molar-refractivity contribution is -0.0643. The van der Waals surface area contributed by atoms with Gasteiger partial charge in [0.25, 0.3) is 15.7 Å². The molecule has 9 heteroatoms. The van der Waals surface area contributed by atoms with Gasteiger partial charge in [-0.05, 0) is 43.7 Å². The van der Waals surface area contributed by atoms with Gasteiger partial charge in [0.05, 0.1) is 30.5 Å². The molecule has 0 radical (unpaired) electrons. The highest BCUT2D eigenvalue weighted by Crippen LogP contribution is 2.41. The van der Waals surface area contributed by atoms with Crippen molar-refractivity contribution in [2.45, 2.75) is 38.2 Å². The number of pyridine rings is 1. The number of rotatable bonds is 4. The van der Waals surface area contributed by atoms with Gasteiger partial charge in [-0.3, -0.25) is 8.98 Å². The van der Waals surface area contributed by atoms with Crippen molar-refractivity contribution >= 4 is 10.1 Å². The first-order chi connectivity index (χ1) is 13.0. The van der Waals surface area contributed by atoms with Gasteiger partial charge in [-0.2, -0.15) is 13.7 Å². The Morgan fingerprint density at radius 1 is 1.32 bits per heavy atom. The molecule has 0 saturated heterocycles. The van der Waals surface area contributed by atoms with Crippen LogP contribution in [0.25, 0.3) is 0 Å². The predicted molar refractivity (Wildman–Crippen MR) is 100 cm³/mol. The van der Waals surface area contributed by atoms with Crippen LogP contribution in [-0.2, 0) is 20.9 Å². The van der Waals surface area contributed by atoms with Crippen molar-refractivity contribution in [3.63, 3.8) is 0 Å². The van der Waals surface area contributed by atoms with E-state index < -0.39 is 33.4 Å². The Hall–Kier alpha value is -2.67. The van der Waals surface area contributed by atoms with Crippen LogP contribution in [0.2, 0.25) is 0 Å². The average Bonchev–Trinajstić information content (AvgIpc) is 2.61. The van der Waals surface area contributed by atoms with Gasteiger partial charge >= 0.3 is 0 Å². The Morgan fingerprint density at radius 2 is 2.04 bits per heavy atom. The first kappa shape index (κ1) is 20.1. The van der Waals surface area contributed by atoms with E-state index in [0.29, 0.717) is 22.4 Å². The molecular weight excluding hydrogens is 384 g/mol. The first-order valence-corrected chi connectivity index (χ1v) is 10.3. The minimum absolute atomic E-state index is 0.243. The van der Waals surface area contributed by atoms with E-state index in [1.165, 1.54) is 22.9 Å². The standard InChI is InChI=1S/C19H20N2O6S/c1-19(2)18(23)17(14-8-12(9-20)4-6-15(14)27-19)21-10-13(5-7-16(21)22)11-26-28(3,24)25/h4-8,10,17-18,23H,11H2,1-3H3. The summed E-state index contributed by atoms with van der Waals surface area (Å²) < 4.78 is 34.5. The second-order valence-corrected chi connectivity index (χ2v) is 8.85. The molecule has 0 bridgehead atoms. The number of nitrogens with zero attached hydrogens (tertiary/aromatic N) is 2. The monoisotopic (exact) mass is 404 g/mol. The maximum absolute atomic E-state index is 12.6. The molecule has 28 heavy (non-hydrogen) atoms. The molecule has 0 spiro atoms. The summed E-state index contributed by atoms with van der Waals surface area (Å²) in [5.41, 5.74) is -0.0828. The number of hydrogen-bond donors (Lipinski definition) is 1. The largest absolute Gasteiger partial charge is 0.485 e. The molecule has 0 amide bonds. The van der Waals surface area contributed by atoms with Crippen LogP contribution in [0.15, 0.2) is 41.3 Å². The lowest BCUT2D eigenvalue weighted by Gasteiger charge is -2.42. The molecule has 0 saturated carbocycles. The Bertz CT molecular complexity index is 1110.